The van der Waals surface area contributed by atoms with E-state index in [1.807, 2.05) is 0 Å². The van der Waals surface area contributed by atoms with Gasteiger partial charge in [0, 0.05) is 5.56 Å². The summed E-state index contributed by atoms with van der Waals surface area (Å²) in [5.74, 6) is 0.636. The zero-order chi connectivity index (χ0) is 35.7. The summed E-state index contributed by atoms with van der Waals surface area (Å²) in [5, 5.41) is 7.28. The number of benzene rings is 9. The van der Waals surface area contributed by atoms with Gasteiger partial charge in [0.1, 0.15) is 5.52 Å². The molecule has 0 unspecified atom stereocenters. The van der Waals surface area contributed by atoms with Crippen molar-refractivity contribution in [1.82, 2.24) is 4.98 Å². The highest BCUT2D eigenvalue weighted by molar-refractivity contribution is 6.30. The molecule has 10 aromatic rings. The highest BCUT2D eigenvalue weighted by Gasteiger charge is 2.23. The number of rotatable bonds is 5. The van der Waals surface area contributed by atoms with Gasteiger partial charge in [-0.1, -0.05) is 172 Å². The fourth-order valence-electron chi connectivity index (χ4n) is 8.22. The van der Waals surface area contributed by atoms with Crippen molar-refractivity contribution >= 4 is 43.4 Å². The molecule has 0 atom stereocenters. The predicted octanol–water partition coefficient (Wildman–Crippen LogP) is 14.4. The van der Waals surface area contributed by atoms with E-state index < -0.39 is 0 Å². The van der Waals surface area contributed by atoms with Gasteiger partial charge in [-0.05, 0) is 106 Å². The summed E-state index contributed by atoms with van der Waals surface area (Å²) < 4.78 is 6.66. The molecular formula is C51H37NO. The van der Waals surface area contributed by atoms with Crippen LogP contribution >= 0.6 is 0 Å². The summed E-state index contributed by atoms with van der Waals surface area (Å²) in [6, 6.07) is 61.4. The Bertz CT molecular complexity index is 2960. The maximum atomic E-state index is 6.66. The van der Waals surface area contributed by atoms with E-state index in [1.54, 1.807) is 0 Å². The maximum absolute atomic E-state index is 6.66. The van der Waals surface area contributed by atoms with Crippen LogP contribution in [0.5, 0.6) is 0 Å². The lowest BCUT2D eigenvalue weighted by atomic mass is 9.83. The fraction of sp³-hybridized carbons (Fsp3) is 0.0784. The molecule has 0 N–H and O–H groups in total. The van der Waals surface area contributed by atoms with E-state index in [4.69, 9.17) is 9.40 Å². The number of hydrogen-bond donors (Lipinski definition) is 0. The first-order chi connectivity index (χ1) is 25.9. The van der Waals surface area contributed by atoms with Crippen LogP contribution in [0.2, 0.25) is 0 Å². The molecule has 0 spiro atoms. The molecular weight excluding hydrogens is 643 g/mol. The Hall–Kier alpha value is -6.51. The van der Waals surface area contributed by atoms with Crippen LogP contribution < -0.4 is 0 Å². The Balaban J connectivity index is 1.30. The molecule has 1 heterocycles. The Morgan fingerprint density at radius 2 is 0.943 bits per heavy atom. The van der Waals surface area contributed by atoms with Crippen molar-refractivity contribution < 1.29 is 4.42 Å². The molecule has 0 aliphatic carbocycles. The molecule has 9 aromatic carbocycles. The lowest BCUT2D eigenvalue weighted by Crippen LogP contribution is -2.10. The number of nitrogens with zero attached hydrogens (tertiary/aromatic N) is 1. The van der Waals surface area contributed by atoms with Crippen molar-refractivity contribution in [3.8, 4) is 56.0 Å². The minimum Gasteiger partial charge on any atom is -0.436 e. The molecule has 0 saturated carbocycles. The van der Waals surface area contributed by atoms with E-state index in [0.717, 1.165) is 27.6 Å². The van der Waals surface area contributed by atoms with Gasteiger partial charge >= 0.3 is 0 Å². The highest BCUT2D eigenvalue weighted by atomic mass is 16.3. The Morgan fingerprint density at radius 1 is 0.415 bits per heavy atom. The molecule has 1 aromatic heterocycles. The van der Waals surface area contributed by atoms with Crippen LogP contribution in [0.3, 0.4) is 0 Å². The van der Waals surface area contributed by atoms with Gasteiger partial charge in [-0.2, -0.15) is 0 Å². The van der Waals surface area contributed by atoms with Crippen LogP contribution in [-0.2, 0) is 5.41 Å². The molecule has 0 bridgehead atoms. The predicted molar refractivity (Wildman–Crippen MR) is 224 cm³/mol. The van der Waals surface area contributed by atoms with Gasteiger partial charge in [0.2, 0.25) is 5.89 Å². The second kappa shape index (κ2) is 12.0. The summed E-state index contributed by atoms with van der Waals surface area (Å²) >= 11 is 0. The van der Waals surface area contributed by atoms with Crippen LogP contribution in [-0.4, -0.2) is 4.98 Å². The molecule has 2 nitrogen and oxygen atoms in total. The standard InChI is InChI=1S/C51H37NO/c1-51(2,3)35-24-29-47-46(30-35)52-50(53-47)45-31-44(39-21-13-11-19-37(39)33-16-8-5-9-17-33)42-26-23-34-22-25-40(41-27-28-43(45)49(42)48(34)41)38-20-12-10-18-36(38)32-14-6-4-7-15-32/h4-31H,1-3H3. The summed E-state index contributed by atoms with van der Waals surface area (Å²) in [4.78, 5) is 5.20. The smallest absolute Gasteiger partial charge is 0.227 e. The second-order valence-electron chi connectivity index (χ2n) is 15.1. The molecule has 53 heavy (non-hydrogen) atoms. The van der Waals surface area contributed by atoms with E-state index in [0.29, 0.717) is 5.89 Å². The van der Waals surface area contributed by atoms with Gasteiger partial charge in [-0.25, -0.2) is 4.98 Å². The van der Waals surface area contributed by atoms with Gasteiger partial charge in [0.05, 0.1) is 0 Å². The average molecular weight is 680 g/mol. The summed E-state index contributed by atoms with van der Waals surface area (Å²) in [5.41, 5.74) is 13.5. The Kier molecular flexibility index (Phi) is 7.10. The molecule has 0 aliphatic rings. The Labute approximate surface area is 309 Å². The summed E-state index contributed by atoms with van der Waals surface area (Å²) in [7, 11) is 0. The third-order valence-electron chi connectivity index (χ3n) is 10.9. The summed E-state index contributed by atoms with van der Waals surface area (Å²) in [6.07, 6.45) is 0. The van der Waals surface area contributed by atoms with Crippen LogP contribution in [0, 0.1) is 0 Å². The number of aromatic nitrogens is 1. The lowest BCUT2D eigenvalue weighted by Gasteiger charge is -2.20. The fourth-order valence-corrected chi connectivity index (χ4v) is 8.22. The summed E-state index contributed by atoms with van der Waals surface area (Å²) in [6.45, 7) is 6.71. The first-order valence-electron chi connectivity index (χ1n) is 18.4. The van der Waals surface area contributed by atoms with Crippen LogP contribution in [0.1, 0.15) is 26.3 Å². The number of oxazole rings is 1. The third kappa shape index (κ3) is 5.13. The van der Waals surface area contributed by atoms with Gasteiger partial charge in [0.25, 0.3) is 0 Å². The topological polar surface area (TPSA) is 26.0 Å². The van der Waals surface area contributed by atoms with Gasteiger partial charge in [0.15, 0.2) is 5.58 Å². The lowest BCUT2D eigenvalue weighted by molar-refractivity contribution is 0.590. The van der Waals surface area contributed by atoms with Crippen molar-refractivity contribution in [2.75, 3.05) is 0 Å². The zero-order valence-corrected chi connectivity index (χ0v) is 30.0. The quantitative estimate of drug-likeness (QED) is 0.169. The highest BCUT2D eigenvalue weighted by Crippen LogP contribution is 2.48. The van der Waals surface area contributed by atoms with E-state index in [9.17, 15) is 0 Å². The van der Waals surface area contributed by atoms with E-state index >= 15 is 0 Å². The van der Waals surface area contributed by atoms with Gasteiger partial charge < -0.3 is 4.42 Å². The molecule has 0 radical (unpaired) electrons. The van der Waals surface area contributed by atoms with Crippen LogP contribution in [0.25, 0.3) is 99.4 Å². The van der Waals surface area contributed by atoms with Crippen LogP contribution in [0.15, 0.2) is 174 Å². The van der Waals surface area contributed by atoms with Crippen molar-refractivity contribution in [3.63, 3.8) is 0 Å². The van der Waals surface area contributed by atoms with Crippen molar-refractivity contribution in [3.05, 3.63) is 175 Å². The van der Waals surface area contributed by atoms with E-state index in [-0.39, 0.29) is 5.41 Å². The molecule has 0 saturated heterocycles. The molecule has 0 amide bonds. The second-order valence-corrected chi connectivity index (χ2v) is 15.1. The van der Waals surface area contributed by atoms with E-state index in [1.165, 1.54) is 71.4 Å². The molecule has 0 aliphatic heterocycles. The van der Waals surface area contributed by atoms with Crippen molar-refractivity contribution in [2.24, 2.45) is 0 Å². The molecule has 2 heteroatoms. The largest absolute Gasteiger partial charge is 0.436 e. The SMILES string of the molecule is CC(C)(C)c1ccc2oc(-c3cc(-c4ccccc4-c4ccccc4)c4ccc5ccc(-c6ccccc6-c6ccccc6)c6ccc3c4c56)nc2c1. The van der Waals surface area contributed by atoms with Gasteiger partial charge in [-0.3, -0.25) is 0 Å². The maximum Gasteiger partial charge on any atom is 0.227 e. The molecule has 10 rings (SSSR count). The first-order valence-corrected chi connectivity index (χ1v) is 18.4. The van der Waals surface area contributed by atoms with Gasteiger partial charge in [-0.15, -0.1) is 0 Å². The average Bonchev–Trinajstić information content (AvgIpc) is 3.64. The minimum absolute atomic E-state index is 0.00541. The van der Waals surface area contributed by atoms with Crippen molar-refractivity contribution in [2.45, 2.75) is 26.2 Å². The first kappa shape index (κ1) is 31.2. The molecule has 0 fully saturated rings. The Morgan fingerprint density at radius 3 is 1.58 bits per heavy atom. The molecule has 252 valence electrons. The minimum atomic E-state index is 0.00541. The van der Waals surface area contributed by atoms with Crippen molar-refractivity contribution in [1.29, 1.82) is 0 Å². The van der Waals surface area contributed by atoms with Crippen LogP contribution in [0.4, 0.5) is 0 Å². The number of fused-ring (bicyclic) bond motifs is 1. The number of hydrogen-bond acceptors (Lipinski definition) is 2. The third-order valence-corrected chi connectivity index (χ3v) is 10.9. The normalized spacial score (nSPS) is 12.1. The monoisotopic (exact) mass is 679 g/mol. The zero-order valence-electron chi connectivity index (χ0n) is 30.0. The van der Waals surface area contributed by atoms with E-state index in [2.05, 4.69) is 191 Å².